The zero-order valence-electron chi connectivity index (χ0n) is 16.5. The highest BCUT2D eigenvalue weighted by atomic mass is 35.5. The van der Waals surface area contributed by atoms with Crippen molar-refractivity contribution in [3.05, 3.63) is 59.1 Å². The summed E-state index contributed by atoms with van der Waals surface area (Å²) in [5.41, 5.74) is 2.18. The minimum absolute atomic E-state index is 0.151. The molecule has 4 rings (SSSR count). The van der Waals surface area contributed by atoms with Crippen molar-refractivity contribution in [2.45, 2.75) is 41.9 Å². The van der Waals surface area contributed by atoms with E-state index < -0.39 is 14.6 Å². The largest absolute Gasteiger partial charge is 0.371 e. The lowest BCUT2D eigenvalue weighted by atomic mass is 10.1. The van der Waals surface area contributed by atoms with Crippen molar-refractivity contribution >= 4 is 33.0 Å². The zero-order valence-corrected chi connectivity index (χ0v) is 18.0. The average Bonchev–Trinajstić information content (AvgIpc) is 3.36. The summed E-state index contributed by atoms with van der Waals surface area (Å²) in [4.78, 5) is 17.3. The Hall–Kier alpha value is -2.05. The molecular weight excluding hydrogens is 408 g/mol. The number of hydrogen-bond acceptors (Lipinski definition) is 4. The van der Waals surface area contributed by atoms with Crippen LogP contribution < -0.4 is 4.90 Å². The molecule has 7 heteroatoms. The molecule has 154 valence electrons. The average molecular weight is 433 g/mol. The predicted molar refractivity (Wildman–Crippen MR) is 115 cm³/mol. The summed E-state index contributed by atoms with van der Waals surface area (Å²) >= 11 is 5.89. The quantitative estimate of drug-likeness (QED) is 0.694. The number of anilines is 1. The third-order valence-corrected chi connectivity index (χ3v) is 8.68. The van der Waals surface area contributed by atoms with Crippen molar-refractivity contribution < 1.29 is 13.2 Å². The van der Waals surface area contributed by atoms with Gasteiger partial charge in [0.1, 0.15) is 0 Å². The van der Waals surface area contributed by atoms with Crippen molar-refractivity contribution in [2.24, 2.45) is 0 Å². The Morgan fingerprint density at radius 3 is 2.31 bits per heavy atom. The molecule has 1 saturated carbocycles. The molecule has 2 aliphatic rings. The van der Waals surface area contributed by atoms with E-state index in [4.69, 9.17) is 11.6 Å². The molecule has 0 N–H and O–H groups in total. The monoisotopic (exact) mass is 432 g/mol. The first-order valence-electron chi connectivity index (χ1n) is 9.94. The Bertz CT molecular complexity index is 1010. The molecule has 0 aromatic heterocycles. The van der Waals surface area contributed by atoms with E-state index in [0.29, 0.717) is 24.4 Å². The summed E-state index contributed by atoms with van der Waals surface area (Å²) in [5.74, 6) is -0.330. The number of nitrogens with zero attached hydrogens (tertiary/aromatic N) is 2. The first-order valence-corrected chi connectivity index (χ1v) is 11.8. The number of carbonyl (C=O) groups is 1. The van der Waals surface area contributed by atoms with Crippen molar-refractivity contribution in [1.82, 2.24) is 4.90 Å². The van der Waals surface area contributed by atoms with E-state index in [1.54, 1.807) is 24.1 Å². The van der Waals surface area contributed by atoms with Crippen molar-refractivity contribution in [3.8, 4) is 0 Å². The van der Waals surface area contributed by atoms with Crippen LogP contribution in [0.3, 0.4) is 0 Å². The minimum atomic E-state index is -3.77. The maximum atomic E-state index is 13.3. The molecule has 0 atom stereocenters. The molecule has 2 aromatic rings. The summed E-state index contributed by atoms with van der Waals surface area (Å²) in [6, 6.07) is 14.1. The second-order valence-corrected chi connectivity index (χ2v) is 10.6. The second kappa shape index (κ2) is 7.65. The number of hydrogen-bond donors (Lipinski definition) is 0. The van der Waals surface area contributed by atoms with Crippen LogP contribution in [0.25, 0.3) is 0 Å². The Labute approximate surface area is 177 Å². The zero-order chi connectivity index (χ0) is 20.6. The molecule has 29 heavy (non-hydrogen) atoms. The van der Waals surface area contributed by atoms with Gasteiger partial charge < -0.3 is 9.80 Å². The van der Waals surface area contributed by atoms with Crippen LogP contribution in [-0.2, 0) is 21.2 Å². The smallest absolute Gasteiger partial charge is 0.244 e. The lowest BCUT2D eigenvalue weighted by Gasteiger charge is -2.27. The molecule has 1 aliphatic carbocycles. The van der Waals surface area contributed by atoms with Gasteiger partial charge in [0.15, 0.2) is 14.6 Å². The predicted octanol–water partition coefficient (Wildman–Crippen LogP) is 3.91. The van der Waals surface area contributed by atoms with Gasteiger partial charge in [0, 0.05) is 37.4 Å². The van der Waals surface area contributed by atoms with Crippen molar-refractivity contribution in [1.29, 1.82) is 0 Å². The Morgan fingerprint density at radius 1 is 1.07 bits per heavy atom. The summed E-state index contributed by atoms with van der Waals surface area (Å²) in [5, 5.41) is 0.468. The van der Waals surface area contributed by atoms with Crippen molar-refractivity contribution in [3.63, 3.8) is 0 Å². The van der Waals surface area contributed by atoms with Crippen LogP contribution in [-0.4, -0.2) is 44.1 Å². The summed E-state index contributed by atoms with van der Waals surface area (Å²) in [7, 11) is -2.07. The topological polar surface area (TPSA) is 57.7 Å². The molecule has 0 radical (unpaired) electrons. The van der Waals surface area contributed by atoms with E-state index in [1.165, 1.54) is 25.0 Å². The van der Waals surface area contributed by atoms with Gasteiger partial charge in [-0.3, -0.25) is 4.79 Å². The Balaban J connectivity index is 1.56. The van der Waals surface area contributed by atoms with Gasteiger partial charge in [-0.25, -0.2) is 8.42 Å². The first kappa shape index (κ1) is 20.2. The number of halogens is 1. The van der Waals surface area contributed by atoms with E-state index in [0.717, 1.165) is 24.3 Å². The highest BCUT2D eigenvalue weighted by molar-refractivity contribution is 7.94. The fourth-order valence-electron chi connectivity index (χ4n) is 4.14. The summed E-state index contributed by atoms with van der Waals surface area (Å²) in [6.45, 7) is 2.43. The van der Waals surface area contributed by atoms with Gasteiger partial charge in [-0.1, -0.05) is 29.8 Å². The standard InChI is InChI=1S/C22H25ClN2O3S/c1-24(16-17-6-2-3-7-20(17)25-14-4-5-15-25)21(26)22(12-13-22)29(27,28)19-10-8-18(23)9-11-19/h2-3,6-11H,4-5,12-16H2,1H3. The number of carbonyl (C=O) groups excluding carboxylic acids is 1. The molecule has 0 unspecified atom stereocenters. The molecule has 1 heterocycles. The van der Waals surface area contributed by atoms with Gasteiger partial charge in [-0.05, 0) is 61.6 Å². The normalized spacial score (nSPS) is 17.9. The summed E-state index contributed by atoms with van der Waals surface area (Å²) < 4.78 is 25.1. The SMILES string of the molecule is CN(Cc1ccccc1N1CCCC1)C(=O)C1(S(=O)(=O)c2ccc(Cl)cc2)CC1. The highest BCUT2D eigenvalue weighted by Gasteiger charge is 2.62. The van der Waals surface area contributed by atoms with Crippen LogP contribution in [0.2, 0.25) is 5.02 Å². The second-order valence-electron chi connectivity index (χ2n) is 7.94. The minimum Gasteiger partial charge on any atom is -0.371 e. The number of rotatable bonds is 6. The molecule has 2 fully saturated rings. The van der Waals surface area contributed by atoms with Crippen LogP contribution in [0.4, 0.5) is 5.69 Å². The van der Waals surface area contributed by atoms with Gasteiger partial charge in [0.2, 0.25) is 5.91 Å². The molecular formula is C22H25ClN2O3S. The number of benzene rings is 2. The molecule has 2 aromatic carbocycles. The maximum Gasteiger partial charge on any atom is 0.244 e. The van der Waals surface area contributed by atoms with E-state index in [1.807, 2.05) is 18.2 Å². The van der Waals surface area contributed by atoms with Crippen LogP contribution in [0.1, 0.15) is 31.2 Å². The molecule has 0 bridgehead atoms. The lowest BCUT2D eigenvalue weighted by Crippen LogP contribution is -2.43. The highest BCUT2D eigenvalue weighted by Crippen LogP contribution is 2.48. The molecule has 5 nitrogen and oxygen atoms in total. The van der Waals surface area contributed by atoms with E-state index in [2.05, 4.69) is 11.0 Å². The van der Waals surface area contributed by atoms with Gasteiger partial charge >= 0.3 is 0 Å². The van der Waals surface area contributed by atoms with Crippen LogP contribution >= 0.6 is 11.6 Å². The number of para-hydroxylation sites is 1. The van der Waals surface area contributed by atoms with E-state index in [9.17, 15) is 13.2 Å². The molecule has 0 spiro atoms. The lowest BCUT2D eigenvalue weighted by molar-refractivity contribution is -0.130. The van der Waals surface area contributed by atoms with Crippen LogP contribution in [0.5, 0.6) is 0 Å². The Morgan fingerprint density at radius 2 is 1.69 bits per heavy atom. The molecule has 1 aliphatic heterocycles. The first-order chi connectivity index (χ1) is 13.8. The fraction of sp³-hybridized carbons (Fsp3) is 0.409. The van der Waals surface area contributed by atoms with Gasteiger partial charge in [-0.2, -0.15) is 0 Å². The van der Waals surface area contributed by atoms with E-state index >= 15 is 0 Å². The number of sulfone groups is 1. The summed E-state index contributed by atoms with van der Waals surface area (Å²) in [6.07, 6.45) is 3.06. The third-order valence-electron chi connectivity index (χ3n) is 5.92. The van der Waals surface area contributed by atoms with Gasteiger partial charge in [0.05, 0.1) is 4.90 Å². The van der Waals surface area contributed by atoms with Crippen LogP contribution in [0.15, 0.2) is 53.4 Å². The van der Waals surface area contributed by atoms with Crippen LogP contribution in [0, 0.1) is 0 Å². The van der Waals surface area contributed by atoms with Crippen molar-refractivity contribution in [2.75, 3.05) is 25.0 Å². The van der Waals surface area contributed by atoms with E-state index in [-0.39, 0.29) is 10.8 Å². The van der Waals surface area contributed by atoms with Gasteiger partial charge in [-0.15, -0.1) is 0 Å². The molecule has 1 amide bonds. The maximum absolute atomic E-state index is 13.3. The number of amides is 1. The fourth-order valence-corrected chi connectivity index (χ4v) is 6.23. The third kappa shape index (κ3) is 3.64. The molecule has 1 saturated heterocycles. The van der Waals surface area contributed by atoms with Gasteiger partial charge in [0.25, 0.3) is 0 Å². The Kier molecular flexibility index (Phi) is 5.34.